The predicted molar refractivity (Wildman–Crippen MR) is 75.0 cm³/mol. The monoisotopic (exact) mass is 299 g/mol. The second kappa shape index (κ2) is 6.53. The van der Waals surface area contributed by atoms with Crippen LogP contribution in [0.3, 0.4) is 0 Å². The van der Waals surface area contributed by atoms with Gasteiger partial charge in [-0.05, 0) is 42.5 Å². The van der Waals surface area contributed by atoms with Gasteiger partial charge >= 0.3 is 5.97 Å². The lowest BCUT2D eigenvalue weighted by Crippen LogP contribution is -2.52. The van der Waals surface area contributed by atoms with Gasteiger partial charge in [-0.25, -0.2) is 4.68 Å². The number of hydrogen-bond acceptors (Lipinski definition) is 7. The molecule has 0 bridgehead atoms. The predicted octanol–water partition coefficient (Wildman–Crippen LogP) is 0.753. The van der Waals surface area contributed by atoms with Gasteiger partial charge in [0, 0.05) is 12.8 Å². The van der Waals surface area contributed by atoms with E-state index in [0.717, 1.165) is 30.2 Å². The Labute approximate surface area is 122 Å². The number of ether oxygens (including phenoxy) is 1. The summed E-state index contributed by atoms with van der Waals surface area (Å²) in [6.45, 7) is 2.19. The van der Waals surface area contributed by atoms with E-state index in [-0.39, 0.29) is 11.9 Å². The Morgan fingerprint density at radius 3 is 3.10 bits per heavy atom. The number of nitrogens with two attached hydrogens (primary N) is 1. The molecule has 0 radical (unpaired) electrons. The first-order valence-corrected chi connectivity index (χ1v) is 7.87. The molecule has 7 nitrogen and oxygen atoms in total. The van der Waals surface area contributed by atoms with Gasteiger partial charge < -0.3 is 10.5 Å². The zero-order chi connectivity index (χ0) is 14.6. The molecule has 112 valence electrons. The molecule has 0 aliphatic heterocycles. The molecular formula is C12H21N5O2S. The van der Waals surface area contributed by atoms with E-state index in [0.29, 0.717) is 13.0 Å². The molecule has 1 aromatic rings. The summed E-state index contributed by atoms with van der Waals surface area (Å²) in [6, 6.07) is 0. The highest BCUT2D eigenvalue weighted by Crippen LogP contribution is 2.38. The summed E-state index contributed by atoms with van der Waals surface area (Å²) < 4.78 is 6.76. The summed E-state index contributed by atoms with van der Waals surface area (Å²) >= 11 is 1.59. The van der Waals surface area contributed by atoms with E-state index in [1.165, 1.54) is 0 Å². The van der Waals surface area contributed by atoms with Gasteiger partial charge in [-0.1, -0.05) is 18.2 Å². The largest absolute Gasteiger partial charge is 0.465 e. The molecule has 1 heterocycles. The number of esters is 1. The van der Waals surface area contributed by atoms with Crippen LogP contribution < -0.4 is 5.73 Å². The van der Waals surface area contributed by atoms with Gasteiger partial charge in [0.1, 0.15) is 5.54 Å². The molecule has 0 saturated heterocycles. The fraction of sp³-hybridized carbons (Fsp3) is 0.833. The number of thioether (sulfide) groups is 1. The third kappa shape index (κ3) is 3.12. The zero-order valence-corrected chi connectivity index (χ0v) is 12.7. The third-order valence-electron chi connectivity index (χ3n) is 3.81. The summed E-state index contributed by atoms with van der Waals surface area (Å²) in [7, 11) is 1.81. The Kier molecular flexibility index (Phi) is 4.98. The molecule has 20 heavy (non-hydrogen) atoms. The maximum Gasteiger partial charge on any atom is 0.326 e. The van der Waals surface area contributed by atoms with E-state index < -0.39 is 5.54 Å². The molecule has 1 fully saturated rings. The minimum atomic E-state index is -0.811. The van der Waals surface area contributed by atoms with E-state index in [1.807, 2.05) is 14.0 Å². The number of hydrogen-bond donors (Lipinski definition) is 1. The van der Waals surface area contributed by atoms with Gasteiger partial charge in [-0.3, -0.25) is 4.79 Å². The van der Waals surface area contributed by atoms with Crippen molar-refractivity contribution >= 4 is 17.7 Å². The van der Waals surface area contributed by atoms with Crippen molar-refractivity contribution in [2.75, 3.05) is 12.4 Å². The Morgan fingerprint density at radius 1 is 1.65 bits per heavy atom. The molecule has 0 aromatic carbocycles. The fourth-order valence-corrected chi connectivity index (χ4v) is 3.58. The third-order valence-corrected chi connectivity index (χ3v) is 4.85. The number of aromatic nitrogens is 4. The first-order valence-electron chi connectivity index (χ1n) is 6.89. The molecule has 1 saturated carbocycles. The quantitative estimate of drug-likeness (QED) is 0.611. The topological polar surface area (TPSA) is 95.9 Å². The van der Waals surface area contributed by atoms with E-state index in [9.17, 15) is 4.79 Å². The van der Waals surface area contributed by atoms with E-state index in [4.69, 9.17) is 10.5 Å². The van der Waals surface area contributed by atoms with Crippen LogP contribution in [0.4, 0.5) is 0 Å². The smallest absolute Gasteiger partial charge is 0.326 e. The average Bonchev–Trinajstić information content (AvgIpc) is 2.98. The van der Waals surface area contributed by atoms with Crippen LogP contribution >= 0.6 is 11.8 Å². The summed E-state index contributed by atoms with van der Waals surface area (Å²) in [5, 5.41) is 12.1. The Bertz CT molecular complexity index is 466. The molecular weight excluding hydrogens is 278 g/mol. The van der Waals surface area contributed by atoms with Crippen LogP contribution in [0.15, 0.2) is 5.16 Å². The molecule has 2 atom stereocenters. The van der Waals surface area contributed by atoms with Crippen molar-refractivity contribution in [1.29, 1.82) is 0 Å². The number of aryl methyl sites for hydroxylation is 1. The molecule has 1 aromatic heterocycles. The molecule has 2 unspecified atom stereocenters. The van der Waals surface area contributed by atoms with Crippen molar-refractivity contribution < 1.29 is 9.53 Å². The minimum Gasteiger partial charge on any atom is -0.465 e. The Balaban J connectivity index is 1.88. The van der Waals surface area contributed by atoms with Gasteiger partial charge in [-0.15, -0.1) is 5.10 Å². The number of carbonyl (C=O) groups is 1. The highest BCUT2D eigenvalue weighted by molar-refractivity contribution is 7.99. The molecule has 0 amide bonds. The van der Waals surface area contributed by atoms with Crippen LogP contribution in [0.25, 0.3) is 0 Å². The van der Waals surface area contributed by atoms with Crippen LogP contribution in [0, 0.1) is 5.92 Å². The van der Waals surface area contributed by atoms with Gasteiger partial charge in [0.25, 0.3) is 0 Å². The SMILES string of the molecule is CCOC(=O)C1(N)CCCC1CCSc1nnnn1C. The van der Waals surface area contributed by atoms with E-state index in [1.54, 1.807) is 16.4 Å². The second-order valence-electron chi connectivity index (χ2n) is 5.07. The lowest BCUT2D eigenvalue weighted by atomic mass is 9.86. The van der Waals surface area contributed by atoms with E-state index >= 15 is 0 Å². The average molecular weight is 299 g/mol. The van der Waals surface area contributed by atoms with Crippen LogP contribution in [0.2, 0.25) is 0 Å². The molecule has 2 rings (SSSR count). The van der Waals surface area contributed by atoms with Crippen LogP contribution in [-0.2, 0) is 16.6 Å². The Hall–Kier alpha value is -1.15. The van der Waals surface area contributed by atoms with Crippen LogP contribution in [-0.4, -0.2) is 44.1 Å². The number of nitrogens with zero attached hydrogens (tertiary/aromatic N) is 4. The molecule has 8 heteroatoms. The summed E-state index contributed by atoms with van der Waals surface area (Å²) in [5.74, 6) is 0.764. The lowest BCUT2D eigenvalue weighted by molar-refractivity contribution is -0.151. The second-order valence-corrected chi connectivity index (χ2v) is 6.13. The maximum atomic E-state index is 12.0. The Morgan fingerprint density at radius 2 is 2.45 bits per heavy atom. The van der Waals surface area contributed by atoms with E-state index in [2.05, 4.69) is 15.5 Å². The first-order chi connectivity index (χ1) is 9.58. The number of carbonyl (C=O) groups excluding carboxylic acids is 1. The summed E-state index contributed by atoms with van der Waals surface area (Å²) in [6.07, 6.45) is 3.54. The minimum absolute atomic E-state index is 0.176. The summed E-state index contributed by atoms with van der Waals surface area (Å²) in [5.41, 5.74) is 5.48. The van der Waals surface area contributed by atoms with Crippen molar-refractivity contribution in [2.24, 2.45) is 18.7 Å². The number of rotatable bonds is 6. The van der Waals surface area contributed by atoms with Crippen molar-refractivity contribution in [1.82, 2.24) is 20.2 Å². The summed E-state index contributed by atoms with van der Waals surface area (Å²) in [4.78, 5) is 12.0. The number of tetrazole rings is 1. The van der Waals surface area contributed by atoms with Crippen molar-refractivity contribution in [2.45, 2.75) is 43.3 Å². The van der Waals surface area contributed by atoms with Crippen molar-refractivity contribution in [3.05, 3.63) is 0 Å². The van der Waals surface area contributed by atoms with Crippen molar-refractivity contribution in [3.8, 4) is 0 Å². The zero-order valence-electron chi connectivity index (χ0n) is 11.9. The van der Waals surface area contributed by atoms with Crippen LogP contribution in [0.5, 0.6) is 0 Å². The molecule has 0 spiro atoms. The van der Waals surface area contributed by atoms with Crippen molar-refractivity contribution in [3.63, 3.8) is 0 Å². The normalized spacial score (nSPS) is 25.9. The van der Waals surface area contributed by atoms with Gasteiger partial charge in [0.15, 0.2) is 0 Å². The van der Waals surface area contributed by atoms with Gasteiger partial charge in [0.2, 0.25) is 5.16 Å². The van der Waals surface area contributed by atoms with Gasteiger partial charge in [0.05, 0.1) is 6.61 Å². The van der Waals surface area contributed by atoms with Gasteiger partial charge in [-0.2, -0.15) is 0 Å². The first kappa shape index (κ1) is 15.2. The maximum absolute atomic E-state index is 12.0. The fourth-order valence-electron chi connectivity index (χ4n) is 2.67. The molecule has 2 N–H and O–H groups in total. The molecule has 1 aliphatic carbocycles. The molecule has 1 aliphatic rings. The highest BCUT2D eigenvalue weighted by atomic mass is 32.2. The lowest BCUT2D eigenvalue weighted by Gasteiger charge is -2.28. The standard InChI is InChI=1S/C12H21N5O2S/c1-3-19-10(18)12(13)7-4-5-9(12)6-8-20-11-14-15-16-17(11)2/h9H,3-8,13H2,1-2H3. The highest BCUT2D eigenvalue weighted by Gasteiger charge is 2.46. The van der Waals surface area contributed by atoms with Crippen LogP contribution in [0.1, 0.15) is 32.6 Å².